The van der Waals surface area contributed by atoms with Crippen LogP contribution in [0.25, 0.3) is 0 Å². The molecular formula is C16H32IN5O2S2. The summed E-state index contributed by atoms with van der Waals surface area (Å²) in [6.07, 6.45) is 3.77. The van der Waals surface area contributed by atoms with Gasteiger partial charge >= 0.3 is 0 Å². The third kappa shape index (κ3) is 6.11. The van der Waals surface area contributed by atoms with E-state index in [0.29, 0.717) is 37.7 Å². The first kappa shape index (κ1) is 22.5. The van der Waals surface area contributed by atoms with Crippen molar-refractivity contribution in [3.8, 4) is 0 Å². The smallest absolute Gasteiger partial charge is 0.215 e. The Morgan fingerprint density at radius 3 is 2.58 bits per heavy atom. The molecule has 7 nitrogen and oxygen atoms in total. The zero-order valence-corrected chi connectivity index (χ0v) is 19.6. The van der Waals surface area contributed by atoms with Crippen LogP contribution in [-0.4, -0.2) is 92.2 Å². The highest BCUT2D eigenvalue weighted by molar-refractivity contribution is 14.0. The maximum Gasteiger partial charge on any atom is 0.215 e. The third-order valence-electron chi connectivity index (χ3n) is 5.22. The van der Waals surface area contributed by atoms with Gasteiger partial charge in [0.05, 0.1) is 5.75 Å². The van der Waals surface area contributed by atoms with Gasteiger partial charge in [0.15, 0.2) is 5.96 Å². The van der Waals surface area contributed by atoms with E-state index in [1.807, 2.05) is 11.8 Å². The van der Waals surface area contributed by atoms with Gasteiger partial charge in [-0.2, -0.15) is 11.8 Å². The summed E-state index contributed by atoms with van der Waals surface area (Å²) in [7, 11) is -1.43. The van der Waals surface area contributed by atoms with Crippen LogP contribution in [0.2, 0.25) is 0 Å². The van der Waals surface area contributed by atoms with Gasteiger partial charge in [0, 0.05) is 62.9 Å². The van der Waals surface area contributed by atoms with Crippen LogP contribution in [0.4, 0.5) is 0 Å². The second kappa shape index (κ2) is 10.1. The van der Waals surface area contributed by atoms with Gasteiger partial charge in [0.25, 0.3) is 0 Å². The summed E-state index contributed by atoms with van der Waals surface area (Å²) >= 11 is 1.82. The van der Waals surface area contributed by atoms with Gasteiger partial charge in [-0.3, -0.25) is 9.89 Å². The largest absolute Gasteiger partial charge is 0.355 e. The summed E-state index contributed by atoms with van der Waals surface area (Å²) in [5.41, 5.74) is 0. The summed E-state index contributed by atoms with van der Waals surface area (Å²) < 4.78 is 26.4. The zero-order valence-electron chi connectivity index (χ0n) is 15.7. The first-order valence-corrected chi connectivity index (χ1v) is 12.0. The van der Waals surface area contributed by atoms with Crippen LogP contribution in [0.3, 0.4) is 0 Å². The zero-order chi connectivity index (χ0) is 17.9. The number of rotatable bonds is 6. The lowest BCUT2D eigenvalue weighted by molar-refractivity contribution is 0.256. The molecule has 2 saturated heterocycles. The molecule has 2 aliphatic heterocycles. The summed E-state index contributed by atoms with van der Waals surface area (Å²) in [4.78, 5) is 6.85. The standard InChI is InChI=1S/C16H31N5O2S2.HI/c1-13-11-14(12-21(13)15-3-4-15)19-16(17-2)18-5-10-25(22,23)20-6-8-24-9-7-20;/h13-15H,3-12H2,1-2H3,(H2,17,18,19);1H. The summed E-state index contributed by atoms with van der Waals surface area (Å²) in [5.74, 6) is 2.62. The predicted octanol–water partition coefficient (Wildman–Crippen LogP) is 0.773. The van der Waals surface area contributed by atoms with Crippen molar-refractivity contribution < 1.29 is 8.42 Å². The molecule has 3 rings (SSSR count). The van der Waals surface area contributed by atoms with Gasteiger partial charge < -0.3 is 10.6 Å². The molecule has 3 fully saturated rings. The molecule has 0 aromatic carbocycles. The second-order valence-corrected chi connectivity index (χ2v) is 10.5. The molecule has 0 bridgehead atoms. The molecule has 0 amide bonds. The molecule has 10 heteroatoms. The number of hydrogen-bond donors (Lipinski definition) is 2. The van der Waals surface area contributed by atoms with E-state index in [0.717, 1.165) is 30.5 Å². The first-order valence-electron chi connectivity index (χ1n) is 9.28. The van der Waals surface area contributed by atoms with E-state index in [2.05, 4.69) is 27.4 Å². The van der Waals surface area contributed by atoms with Crippen LogP contribution < -0.4 is 10.6 Å². The van der Waals surface area contributed by atoms with Crippen LogP contribution in [0.5, 0.6) is 0 Å². The Bertz CT molecular complexity index is 579. The van der Waals surface area contributed by atoms with Crippen molar-refractivity contribution in [2.45, 2.75) is 44.3 Å². The number of sulfonamides is 1. The fraction of sp³-hybridized carbons (Fsp3) is 0.938. The highest BCUT2D eigenvalue weighted by Gasteiger charge is 2.38. The van der Waals surface area contributed by atoms with Crippen LogP contribution in [-0.2, 0) is 10.0 Å². The molecule has 0 aromatic heterocycles. The van der Waals surface area contributed by atoms with E-state index in [1.165, 1.54) is 12.8 Å². The van der Waals surface area contributed by atoms with Crippen LogP contribution in [0.15, 0.2) is 4.99 Å². The van der Waals surface area contributed by atoms with Crippen molar-refractivity contribution in [2.24, 2.45) is 4.99 Å². The average molecular weight is 518 g/mol. The summed E-state index contributed by atoms with van der Waals surface area (Å²) in [6.45, 7) is 5.00. The first-order chi connectivity index (χ1) is 12.0. The summed E-state index contributed by atoms with van der Waals surface area (Å²) in [5, 5.41) is 6.64. The van der Waals surface area contributed by atoms with Crippen molar-refractivity contribution in [3.63, 3.8) is 0 Å². The van der Waals surface area contributed by atoms with E-state index < -0.39 is 10.0 Å². The molecule has 2 N–H and O–H groups in total. The number of thioether (sulfide) groups is 1. The second-order valence-electron chi connectivity index (χ2n) is 7.18. The SMILES string of the molecule is CN=C(NCCS(=O)(=O)N1CCSCC1)NC1CC(C)N(C2CC2)C1.I. The Balaban J connectivity index is 0.00000243. The van der Waals surface area contributed by atoms with E-state index in [1.54, 1.807) is 11.4 Å². The van der Waals surface area contributed by atoms with Crippen molar-refractivity contribution in [2.75, 3.05) is 50.5 Å². The fourth-order valence-corrected chi connectivity index (χ4v) is 6.21. The normalized spacial score (nSPS) is 28.6. The number of aliphatic imine (C=N–C) groups is 1. The van der Waals surface area contributed by atoms with Crippen molar-refractivity contribution in [3.05, 3.63) is 0 Å². The lowest BCUT2D eigenvalue weighted by atomic mass is 10.2. The Labute approximate surface area is 179 Å². The molecule has 2 atom stereocenters. The van der Waals surface area contributed by atoms with Gasteiger partial charge in [0.2, 0.25) is 10.0 Å². The lowest BCUT2D eigenvalue weighted by Crippen LogP contribution is -2.47. The van der Waals surface area contributed by atoms with Gasteiger partial charge in [0.1, 0.15) is 0 Å². The van der Waals surface area contributed by atoms with E-state index in [9.17, 15) is 8.42 Å². The van der Waals surface area contributed by atoms with E-state index in [4.69, 9.17) is 0 Å². The topological polar surface area (TPSA) is 77.0 Å². The molecule has 1 saturated carbocycles. The maximum absolute atomic E-state index is 12.4. The van der Waals surface area contributed by atoms with Crippen LogP contribution in [0, 0.1) is 0 Å². The van der Waals surface area contributed by atoms with Crippen molar-refractivity contribution >= 4 is 51.7 Å². The average Bonchev–Trinajstić information content (AvgIpc) is 3.38. The number of nitrogens with zero attached hydrogens (tertiary/aromatic N) is 3. The Morgan fingerprint density at radius 1 is 1.27 bits per heavy atom. The number of likely N-dealkylation sites (tertiary alicyclic amines) is 1. The van der Waals surface area contributed by atoms with Crippen molar-refractivity contribution in [1.29, 1.82) is 0 Å². The molecule has 152 valence electrons. The minimum Gasteiger partial charge on any atom is -0.355 e. The Morgan fingerprint density at radius 2 is 1.96 bits per heavy atom. The molecule has 1 aliphatic carbocycles. The lowest BCUT2D eigenvalue weighted by Gasteiger charge is -2.26. The molecule has 0 radical (unpaired) electrons. The molecule has 2 unspecified atom stereocenters. The number of nitrogens with one attached hydrogen (secondary N) is 2. The minimum absolute atomic E-state index is 0. The Hall–Kier alpha value is 0.220. The minimum atomic E-state index is -3.17. The number of guanidine groups is 1. The van der Waals surface area contributed by atoms with Gasteiger partial charge in [-0.25, -0.2) is 12.7 Å². The highest BCUT2D eigenvalue weighted by Crippen LogP contribution is 2.33. The Kier molecular flexibility index (Phi) is 8.77. The molecular weight excluding hydrogens is 485 g/mol. The quantitative estimate of drug-likeness (QED) is 0.308. The highest BCUT2D eigenvalue weighted by atomic mass is 127. The molecule has 26 heavy (non-hydrogen) atoms. The van der Waals surface area contributed by atoms with E-state index >= 15 is 0 Å². The molecule has 0 aromatic rings. The predicted molar refractivity (Wildman–Crippen MR) is 120 cm³/mol. The molecule has 3 aliphatic rings. The molecule has 0 spiro atoms. The van der Waals surface area contributed by atoms with Crippen LogP contribution in [0.1, 0.15) is 26.2 Å². The maximum atomic E-state index is 12.4. The van der Waals surface area contributed by atoms with Crippen molar-refractivity contribution in [1.82, 2.24) is 19.8 Å². The number of halogens is 1. The van der Waals surface area contributed by atoms with Gasteiger partial charge in [-0.05, 0) is 26.2 Å². The van der Waals surface area contributed by atoms with Gasteiger partial charge in [-0.1, -0.05) is 0 Å². The van der Waals surface area contributed by atoms with E-state index in [-0.39, 0.29) is 29.7 Å². The molecule has 2 heterocycles. The van der Waals surface area contributed by atoms with Crippen LogP contribution >= 0.6 is 35.7 Å². The monoisotopic (exact) mass is 517 g/mol. The van der Waals surface area contributed by atoms with Gasteiger partial charge in [-0.15, -0.1) is 24.0 Å². The number of hydrogen-bond acceptors (Lipinski definition) is 5. The summed E-state index contributed by atoms with van der Waals surface area (Å²) in [6, 6.07) is 1.78. The fourth-order valence-electron chi connectivity index (χ4n) is 3.72. The third-order valence-corrected chi connectivity index (χ3v) is 8.03.